The van der Waals surface area contributed by atoms with Gasteiger partial charge >= 0.3 is 0 Å². The molecule has 0 aliphatic carbocycles. The summed E-state index contributed by atoms with van der Waals surface area (Å²) >= 11 is 12.0. The third kappa shape index (κ3) is 4.55. The van der Waals surface area contributed by atoms with Crippen LogP contribution in [-0.4, -0.2) is 47.3 Å². The van der Waals surface area contributed by atoms with Gasteiger partial charge in [0.1, 0.15) is 23.2 Å². The molecule has 1 fully saturated rings. The molecule has 1 atom stereocenters. The number of aliphatic hydroxyl groups is 1. The van der Waals surface area contributed by atoms with Gasteiger partial charge in [-0.05, 0) is 54.8 Å². The molecule has 0 spiro atoms. The van der Waals surface area contributed by atoms with Gasteiger partial charge in [0.2, 0.25) is 0 Å². The summed E-state index contributed by atoms with van der Waals surface area (Å²) in [4.78, 5) is 19.3. The summed E-state index contributed by atoms with van der Waals surface area (Å²) in [6, 6.07) is 12.9. The maximum absolute atomic E-state index is 12.7. The van der Waals surface area contributed by atoms with Crippen LogP contribution in [0.1, 0.15) is 30.3 Å². The molecular formula is C24H23Cl2N3O3. The molecule has 8 heteroatoms. The van der Waals surface area contributed by atoms with E-state index in [0.717, 1.165) is 42.6 Å². The second-order valence-electron chi connectivity index (χ2n) is 8.40. The van der Waals surface area contributed by atoms with Crippen LogP contribution in [0.25, 0.3) is 11.0 Å². The Kier molecular flexibility index (Phi) is 5.95. The molecule has 6 nitrogen and oxygen atoms in total. The SMILES string of the molecule is O=C(NC1CCN(CC(O)c2cc3ccc(Cl)cc3o2)CC1)C1=Nc2ccc(Cl)cc2C1. The third-order valence-electron chi connectivity index (χ3n) is 6.10. The number of benzene rings is 2. The van der Waals surface area contributed by atoms with E-state index in [0.29, 0.717) is 40.1 Å². The van der Waals surface area contributed by atoms with Crippen LogP contribution in [0, 0.1) is 0 Å². The lowest BCUT2D eigenvalue weighted by atomic mass is 10.0. The van der Waals surface area contributed by atoms with Gasteiger partial charge in [0.05, 0.1) is 5.69 Å². The maximum Gasteiger partial charge on any atom is 0.266 e. The number of hydrogen-bond donors (Lipinski definition) is 2. The standard InChI is InChI=1S/C24H23Cl2N3O3/c25-16-3-4-19-15(9-16)10-20(28-19)24(31)27-18-5-7-29(8-6-18)13-21(30)23-11-14-1-2-17(26)12-22(14)32-23/h1-4,9,11-12,18,21,30H,5-8,10,13H2,(H,27,31). The summed E-state index contributed by atoms with van der Waals surface area (Å²) in [5.74, 6) is 0.424. The fourth-order valence-corrected chi connectivity index (χ4v) is 4.71. The van der Waals surface area contributed by atoms with E-state index in [4.69, 9.17) is 27.6 Å². The van der Waals surface area contributed by atoms with Crippen LogP contribution in [-0.2, 0) is 11.2 Å². The number of hydrogen-bond acceptors (Lipinski definition) is 5. The van der Waals surface area contributed by atoms with Crippen molar-refractivity contribution in [3.8, 4) is 0 Å². The molecule has 2 N–H and O–H groups in total. The van der Waals surface area contributed by atoms with Crippen LogP contribution in [0.4, 0.5) is 5.69 Å². The predicted molar refractivity (Wildman–Crippen MR) is 126 cm³/mol. The minimum Gasteiger partial charge on any atom is -0.458 e. The molecule has 2 aliphatic rings. The van der Waals surface area contributed by atoms with Crippen LogP contribution in [0.15, 0.2) is 51.9 Å². The van der Waals surface area contributed by atoms with Gasteiger partial charge in [-0.2, -0.15) is 0 Å². The smallest absolute Gasteiger partial charge is 0.266 e. The van der Waals surface area contributed by atoms with E-state index in [9.17, 15) is 9.90 Å². The molecule has 2 aliphatic heterocycles. The number of halogens is 2. The molecule has 32 heavy (non-hydrogen) atoms. The minimum absolute atomic E-state index is 0.0965. The molecule has 166 valence electrons. The molecule has 1 saturated heterocycles. The Hall–Kier alpha value is -2.38. The molecule has 0 saturated carbocycles. The highest BCUT2D eigenvalue weighted by molar-refractivity contribution is 6.41. The zero-order chi connectivity index (χ0) is 22.2. The molecule has 2 aromatic carbocycles. The Morgan fingerprint density at radius 3 is 2.72 bits per heavy atom. The lowest BCUT2D eigenvalue weighted by Crippen LogP contribution is -2.47. The molecule has 0 bridgehead atoms. The summed E-state index contributed by atoms with van der Waals surface area (Å²) in [6.07, 6.45) is 1.43. The highest BCUT2D eigenvalue weighted by atomic mass is 35.5. The zero-order valence-corrected chi connectivity index (χ0v) is 18.9. The fourth-order valence-electron chi connectivity index (χ4n) is 4.35. The van der Waals surface area contributed by atoms with Crippen LogP contribution >= 0.6 is 23.2 Å². The first-order valence-electron chi connectivity index (χ1n) is 10.7. The van der Waals surface area contributed by atoms with Gasteiger partial charge < -0.3 is 19.7 Å². The number of likely N-dealkylation sites (tertiary alicyclic amines) is 1. The molecule has 1 unspecified atom stereocenters. The maximum atomic E-state index is 12.7. The van der Waals surface area contributed by atoms with Crippen LogP contribution in [0.5, 0.6) is 0 Å². The van der Waals surface area contributed by atoms with E-state index in [2.05, 4.69) is 15.2 Å². The van der Waals surface area contributed by atoms with Crippen molar-refractivity contribution in [2.24, 2.45) is 4.99 Å². The lowest BCUT2D eigenvalue weighted by molar-refractivity contribution is -0.115. The Morgan fingerprint density at radius 1 is 1.16 bits per heavy atom. The number of furan rings is 1. The Bertz CT molecular complexity index is 1200. The van der Waals surface area contributed by atoms with E-state index in [-0.39, 0.29) is 11.9 Å². The molecule has 1 aromatic heterocycles. The topological polar surface area (TPSA) is 78.1 Å². The number of piperidine rings is 1. The van der Waals surface area contributed by atoms with E-state index >= 15 is 0 Å². The van der Waals surface area contributed by atoms with Crippen molar-refractivity contribution in [2.75, 3.05) is 19.6 Å². The van der Waals surface area contributed by atoms with Crippen LogP contribution in [0.3, 0.4) is 0 Å². The Balaban J connectivity index is 1.12. The van der Waals surface area contributed by atoms with Gasteiger partial charge in [-0.25, -0.2) is 4.99 Å². The number of carbonyl (C=O) groups excluding carboxylic acids is 1. The molecule has 5 rings (SSSR count). The average Bonchev–Trinajstić information content (AvgIpc) is 3.38. The average molecular weight is 472 g/mol. The fraction of sp³-hybridized carbons (Fsp3) is 0.333. The normalized spacial score (nSPS) is 17.9. The summed E-state index contributed by atoms with van der Waals surface area (Å²) in [5, 5.41) is 15.9. The Morgan fingerprint density at radius 2 is 1.91 bits per heavy atom. The van der Waals surface area contributed by atoms with E-state index in [1.54, 1.807) is 18.2 Å². The summed E-state index contributed by atoms with van der Waals surface area (Å²) < 4.78 is 5.78. The largest absolute Gasteiger partial charge is 0.458 e. The number of nitrogens with one attached hydrogen (secondary N) is 1. The monoisotopic (exact) mass is 471 g/mol. The van der Waals surface area contributed by atoms with Gasteiger partial charge in [0.25, 0.3) is 5.91 Å². The van der Waals surface area contributed by atoms with Gasteiger partial charge in [0, 0.05) is 53.6 Å². The number of nitrogens with zero attached hydrogens (tertiary/aromatic N) is 2. The van der Waals surface area contributed by atoms with Gasteiger partial charge in [-0.15, -0.1) is 0 Å². The lowest BCUT2D eigenvalue weighted by Gasteiger charge is -2.33. The molecule has 1 amide bonds. The van der Waals surface area contributed by atoms with Crippen molar-refractivity contribution < 1.29 is 14.3 Å². The number of rotatable bonds is 5. The van der Waals surface area contributed by atoms with Crippen molar-refractivity contribution in [2.45, 2.75) is 31.4 Å². The second kappa shape index (κ2) is 8.87. The van der Waals surface area contributed by atoms with Crippen LogP contribution < -0.4 is 5.32 Å². The van der Waals surface area contributed by atoms with Crippen molar-refractivity contribution in [1.82, 2.24) is 10.2 Å². The number of aliphatic hydroxyl groups excluding tert-OH is 1. The quantitative estimate of drug-likeness (QED) is 0.565. The third-order valence-corrected chi connectivity index (χ3v) is 6.57. The first-order valence-corrected chi connectivity index (χ1v) is 11.5. The second-order valence-corrected chi connectivity index (χ2v) is 9.28. The highest BCUT2D eigenvalue weighted by Crippen LogP contribution is 2.30. The summed E-state index contributed by atoms with van der Waals surface area (Å²) in [6.45, 7) is 2.06. The van der Waals surface area contributed by atoms with E-state index in [1.807, 2.05) is 24.3 Å². The summed E-state index contributed by atoms with van der Waals surface area (Å²) in [5.41, 5.74) is 3.01. The van der Waals surface area contributed by atoms with Gasteiger partial charge in [0.15, 0.2) is 0 Å². The number of aliphatic imine (C=N–C) groups is 1. The van der Waals surface area contributed by atoms with Crippen molar-refractivity contribution in [3.63, 3.8) is 0 Å². The molecule has 0 radical (unpaired) electrons. The zero-order valence-electron chi connectivity index (χ0n) is 17.4. The summed E-state index contributed by atoms with van der Waals surface area (Å²) in [7, 11) is 0. The Labute approximate surface area is 195 Å². The predicted octanol–water partition coefficient (Wildman–Crippen LogP) is 4.68. The first kappa shape index (κ1) is 21.5. The van der Waals surface area contributed by atoms with Crippen molar-refractivity contribution in [1.29, 1.82) is 0 Å². The first-order chi connectivity index (χ1) is 15.4. The highest BCUT2D eigenvalue weighted by Gasteiger charge is 2.27. The molecule has 3 aromatic rings. The van der Waals surface area contributed by atoms with Crippen molar-refractivity contribution >= 4 is 51.5 Å². The van der Waals surface area contributed by atoms with Gasteiger partial charge in [-0.3, -0.25) is 4.79 Å². The molecule has 3 heterocycles. The number of amides is 1. The number of fused-ring (bicyclic) bond motifs is 2. The van der Waals surface area contributed by atoms with Gasteiger partial charge in [-0.1, -0.05) is 23.2 Å². The minimum atomic E-state index is -0.717. The van der Waals surface area contributed by atoms with E-state index < -0.39 is 6.10 Å². The number of carbonyl (C=O) groups is 1. The molecular weight excluding hydrogens is 449 g/mol. The number of β-amino-alcohol motifs (C(OH)–C–C–N with tert-alkyl or cyclic N) is 1. The van der Waals surface area contributed by atoms with E-state index in [1.165, 1.54) is 0 Å². The van der Waals surface area contributed by atoms with Crippen LogP contribution in [0.2, 0.25) is 10.0 Å². The van der Waals surface area contributed by atoms with Crippen molar-refractivity contribution in [3.05, 3.63) is 63.8 Å².